The molecule has 8 nitrogen and oxygen atoms in total. The van der Waals surface area contributed by atoms with Gasteiger partial charge in [-0.05, 0) is 23.8 Å². The molecular formula is C16H17ClN2O6S. The van der Waals surface area contributed by atoms with Crippen molar-refractivity contribution in [3.63, 3.8) is 0 Å². The van der Waals surface area contributed by atoms with Crippen LogP contribution in [0, 0.1) is 0 Å². The second-order valence-electron chi connectivity index (χ2n) is 5.12. The van der Waals surface area contributed by atoms with Gasteiger partial charge in [0, 0.05) is 25.9 Å². The average Bonchev–Trinajstić information content (AvgIpc) is 2.61. The van der Waals surface area contributed by atoms with Gasteiger partial charge in [0.25, 0.3) is 0 Å². The third-order valence-corrected chi connectivity index (χ3v) is 5.15. The Bertz CT molecular complexity index is 871. The Balaban J connectivity index is 2.03. The number of methoxy groups -OCH3 is 1. The van der Waals surface area contributed by atoms with E-state index < -0.39 is 16.0 Å². The number of ether oxygens (including phenoxy) is 2. The first-order chi connectivity index (χ1) is 12.3. The lowest BCUT2D eigenvalue weighted by Gasteiger charge is -2.09. The molecule has 0 radical (unpaired) electrons. The van der Waals surface area contributed by atoms with Crippen molar-refractivity contribution >= 4 is 27.6 Å². The number of nitrogens with zero attached hydrogens (tertiary/aromatic N) is 1. The predicted octanol–water partition coefficient (Wildman–Crippen LogP) is 1.94. The molecule has 0 spiro atoms. The fourth-order valence-electron chi connectivity index (χ4n) is 1.94. The quantitative estimate of drug-likeness (QED) is 0.618. The van der Waals surface area contributed by atoms with E-state index in [2.05, 4.69) is 9.71 Å². The highest BCUT2D eigenvalue weighted by Gasteiger charge is 2.19. The molecule has 140 valence electrons. The van der Waals surface area contributed by atoms with Gasteiger partial charge in [-0.1, -0.05) is 17.7 Å². The Kier molecular flexibility index (Phi) is 6.92. The van der Waals surface area contributed by atoms with Crippen molar-refractivity contribution in [1.82, 2.24) is 9.71 Å². The fraction of sp³-hybridized carbons (Fsp3) is 0.250. The van der Waals surface area contributed by atoms with E-state index in [9.17, 15) is 13.2 Å². The Morgan fingerprint density at radius 2 is 2.04 bits per heavy atom. The van der Waals surface area contributed by atoms with Gasteiger partial charge in [-0.15, -0.1) is 0 Å². The number of nitrogens with one attached hydrogen (secondary N) is 1. The van der Waals surface area contributed by atoms with E-state index in [1.165, 1.54) is 12.3 Å². The molecule has 26 heavy (non-hydrogen) atoms. The van der Waals surface area contributed by atoms with Gasteiger partial charge in [0.05, 0.1) is 17.2 Å². The number of aromatic carboxylic acids is 1. The summed E-state index contributed by atoms with van der Waals surface area (Å²) in [6.45, 7) is 0.787. The van der Waals surface area contributed by atoms with Crippen molar-refractivity contribution in [2.45, 2.75) is 11.4 Å². The lowest BCUT2D eigenvalue weighted by molar-refractivity contribution is 0.0696. The second-order valence-corrected chi connectivity index (χ2v) is 7.26. The van der Waals surface area contributed by atoms with Crippen molar-refractivity contribution in [2.75, 3.05) is 20.3 Å². The summed E-state index contributed by atoms with van der Waals surface area (Å²) in [5, 5.41) is 8.73. The monoisotopic (exact) mass is 400 g/mol. The molecular weight excluding hydrogens is 384 g/mol. The summed E-state index contributed by atoms with van der Waals surface area (Å²) in [4.78, 5) is 14.8. The number of pyridine rings is 1. The van der Waals surface area contributed by atoms with Crippen LogP contribution >= 0.6 is 11.6 Å². The lowest BCUT2D eigenvalue weighted by Crippen LogP contribution is -2.23. The second kappa shape index (κ2) is 8.95. The van der Waals surface area contributed by atoms with Gasteiger partial charge in [0.1, 0.15) is 11.5 Å². The van der Waals surface area contributed by atoms with Crippen LogP contribution in [-0.4, -0.2) is 44.8 Å². The summed E-state index contributed by atoms with van der Waals surface area (Å²) in [6.07, 6.45) is 1.49. The minimum absolute atomic E-state index is 0.00923. The molecule has 2 aromatic rings. The molecule has 0 fully saturated rings. The molecule has 1 heterocycles. The lowest BCUT2D eigenvalue weighted by atomic mass is 10.2. The maximum atomic E-state index is 12.3. The molecule has 0 aliphatic rings. The summed E-state index contributed by atoms with van der Waals surface area (Å²) in [7, 11) is -2.35. The zero-order chi connectivity index (χ0) is 19.2. The third-order valence-electron chi connectivity index (χ3n) is 3.27. The van der Waals surface area contributed by atoms with Crippen LogP contribution in [0.15, 0.2) is 41.4 Å². The van der Waals surface area contributed by atoms with Gasteiger partial charge in [0.15, 0.2) is 0 Å². The highest BCUT2D eigenvalue weighted by Crippen LogP contribution is 2.23. The molecule has 10 heteroatoms. The molecule has 0 amide bonds. The first kappa shape index (κ1) is 20.1. The van der Waals surface area contributed by atoms with E-state index in [1.54, 1.807) is 19.2 Å². The van der Waals surface area contributed by atoms with Crippen LogP contribution in [-0.2, 0) is 21.3 Å². The molecule has 0 aliphatic heterocycles. The number of hydrogen-bond acceptors (Lipinski definition) is 6. The number of sulfonamides is 1. The van der Waals surface area contributed by atoms with Crippen LogP contribution in [0.1, 0.15) is 15.9 Å². The van der Waals surface area contributed by atoms with E-state index in [1.807, 2.05) is 0 Å². The maximum absolute atomic E-state index is 12.3. The fourth-order valence-corrected chi connectivity index (χ4v) is 3.50. The van der Waals surface area contributed by atoms with Crippen molar-refractivity contribution in [3.8, 4) is 5.88 Å². The minimum Gasteiger partial charge on any atom is -0.478 e. The highest BCUT2D eigenvalue weighted by molar-refractivity contribution is 7.89. The first-order valence-corrected chi connectivity index (χ1v) is 9.29. The van der Waals surface area contributed by atoms with Gasteiger partial charge < -0.3 is 14.6 Å². The molecule has 1 aromatic heterocycles. The largest absolute Gasteiger partial charge is 0.478 e. The van der Waals surface area contributed by atoms with E-state index in [0.29, 0.717) is 24.7 Å². The number of halogens is 1. The van der Waals surface area contributed by atoms with E-state index in [0.717, 1.165) is 12.1 Å². The Labute approximate surface area is 155 Å². The SMILES string of the molecule is COCCOc1ccc(CNS(=O)(=O)c2ccc(C(=O)O)cc2Cl)cn1. The van der Waals surface area contributed by atoms with Crippen LogP contribution in [0.2, 0.25) is 5.02 Å². The highest BCUT2D eigenvalue weighted by atomic mass is 35.5. The number of rotatable bonds is 9. The number of carboxylic acids is 1. The number of aromatic nitrogens is 1. The van der Waals surface area contributed by atoms with Gasteiger partial charge in [0.2, 0.25) is 15.9 Å². The van der Waals surface area contributed by atoms with Gasteiger partial charge >= 0.3 is 5.97 Å². The Morgan fingerprint density at radius 1 is 1.27 bits per heavy atom. The van der Waals surface area contributed by atoms with Crippen LogP contribution in [0.4, 0.5) is 0 Å². The molecule has 2 N–H and O–H groups in total. The van der Waals surface area contributed by atoms with E-state index in [-0.39, 0.29) is 22.0 Å². The number of carbonyl (C=O) groups is 1. The third kappa shape index (κ3) is 5.40. The summed E-state index contributed by atoms with van der Waals surface area (Å²) in [5.41, 5.74) is 0.521. The van der Waals surface area contributed by atoms with Crippen LogP contribution in [0.25, 0.3) is 0 Å². The summed E-state index contributed by atoms with van der Waals surface area (Å²) in [6, 6.07) is 6.71. The summed E-state index contributed by atoms with van der Waals surface area (Å²) < 4.78 is 37.3. The van der Waals surface area contributed by atoms with Crippen LogP contribution < -0.4 is 9.46 Å². The van der Waals surface area contributed by atoms with Crippen molar-refractivity contribution in [2.24, 2.45) is 0 Å². The van der Waals surface area contributed by atoms with Crippen LogP contribution in [0.5, 0.6) is 5.88 Å². The van der Waals surface area contributed by atoms with Crippen molar-refractivity contribution < 1.29 is 27.8 Å². The minimum atomic E-state index is -3.91. The van der Waals surface area contributed by atoms with Gasteiger partial charge in [-0.25, -0.2) is 22.9 Å². The molecule has 1 aromatic carbocycles. The first-order valence-electron chi connectivity index (χ1n) is 7.42. The molecule has 0 unspecified atom stereocenters. The van der Waals surface area contributed by atoms with E-state index >= 15 is 0 Å². The molecule has 0 saturated heterocycles. The normalized spacial score (nSPS) is 11.3. The van der Waals surface area contributed by atoms with Crippen molar-refractivity contribution in [3.05, 3.63) is 52.7 Å². The molecule has 2 rings (SSSR count). The van der Waals surface area contributed by atoms with E-state index in [4.69, 9.17) is 26.2 Å². The van der Waals surface area contributed by atoms with Gasteiger partial charge in [-0.3, -0.25) is 0 Å². The van der Waals surface area contributed by atoms with Crippen LogP contribution in [0.3, 0.4) is 0 Å². The standard InChI is InChI=1S/C16H17ClN2O6S/c1-24-6-7-25-15-5-2-11(9-18-15)10-19-26(22,23)14-4-3-12(16(20)21)8-13(14)17/h2-5,8-9,19H,6-7,10H2,1H3,(H,20,21). The molecule has 0 saturated carbocycles. The number of carboxylic acid groups (broad SMARTS) is 1. The zero-order valence-corrected chi connectivity index (χ0v) is 15.4. The number of hydrogen-bond donors (Lipinski definition) is 2. The zero-order valence-electron chi connectivity index (χ0n) is 13.8. The topological polar surface area (TPSA) is 115 Å². The summed E-state index contributed by atoms with van der Waals surface area (Å²) >= 11 is 5.90. The number of benzene rings is 1. The summed E-state index contributed by atoms with van der Waals surface area (Å²) in [5.74, 6) is -0.788. The Hall–Kier alpha value is -2.20. The van der Waals surface area contributed by atoms with Gasteiger partial charge in [-0.2, -0.15) is 0 Å². The maximum Gasteiger partial charge on any atom is 0.335 e. The smallest absolute Gasteiger partial charge is 0.335 e. The molecule has 0 bridgehead atoms. The molecule has 0 aliphatic carbocycles. The molecule has 0 atom stereocenters. The predicted molar refractivity (Wildman–Crippen MR) is 94.0 cm³/mol. The van der Waals surface area contributed by atoms with Crippen molar-refractivity contribution in [1.29, 1.82) is 0 Å². The average molecular weight is 401 g/mol. The Morgan fingerprint density at radius 3 is 2.62 bits per heavy atom.